The monoisotopic (exact) mass is 311 g/mol. The summed E-state index contributed by atoms with van der Waals surface area (Å²) in [7, 11) is 0. The maximum Gasteiger partial charge on any atom is 0.338 e. The minimum Gasteiger partial charge on any atom is -0.482 e. The zero-order valence-corrected chi connectivity index (χ0v) is 12.8. The Bertz CT molecular complexity index is 727. The molecule has 0 N–H and O–H groups in total. The number of fused-ring (bicyclic) bond motifs is 1. The van der Waals surface area contributed by atoms with Crippen molar-refractivity contribution in [3.8, 4) is 5.75 Å². The number of nitrogens with zero attached hydrogens (tertiary/aromatic N) is 1. The van der Waals surface area contributed by atoms with Crippen LogP contribution in [-0.4, -0.2) is 25.1 Å². The van der Waals surface area contributed by atoms with Gasteiger partial charge in [0.05, 0.1) is 24.4 Å². The molecule has 2 aromatic rings. The smallest absolute Gasteiger partial charge is 0.338 e. The average molecular weight is 311 g/mol. The number of hydrogen-bond donors (Lipinski definition) is 0. The number of hydrogen-bond acceptors (Lipinski definition) is 4. The highest BCUT2D eigenvalue weighted by Crippen LogP contribution is 2.34. The van der Waals surface area contributed by atoms with Gasteiger partial charge in [-0.2, -0.15) is 0 Å². The lowest BCUT2D eigenvalue weighted by Crippen LogP contribution is -2.38. The topological polar surface area (TPSA) is 55.8 Å². The number of esters is 1. The minimum absolute atomic E-state index is 0.00140. The van der Waals surface area contributed by atoms with Crippen molar-refractivity contribution in [2.75, 3.05) is 18.1 Å². The number of carbonyl (C=O) groups is 2. The third-order valence-electron chi connectivity index (χ3n) is 3.60. The summed E-state index contributed by atoms with van der Waals surface area (Å²) in [6.07, 6.45) is 0. The van der Waals surface area contributed by atoms with Crippen LogP contribution >= 0.6 is 0 Å². The van der Waals surface area contributed by atoms with Crippen LogP contribution in [0.5, 0.6) is 5.75 Å². The number of ether oxygens (including phenoxy) is 2. The molecule has 3 rings (SSSR count). The lowest BCUT2D eigenvalue weighted by atomic mass is 10.1. The fourth-order valence-corrected chi connectivity index (χ4v) is 2.48. The molecule has 0 fully saturated rings. The van der Waals surface area contributed by atoms with Gasteiger partial charge in [0, 0.05) is 0 Å². The third kappa shape index (κ3) is 3.18. The van der Waals surface area contributed by atoms with E-state index in [1.54, 1.807) is 30.0 Å². The Morgan fingerprint density at radius 3 is 2.74 bits per heavy atom. The Balaban J connectivity index is 1.94. The summed E-state index contributed by atoms with van der Waals surface area (Å²) in [5.74, 6) is 0.0453. The molecule has 0 atom stereocenters. The molecule has 0 radical (unpaired) electrons. The first-order chi connectivity index (χ1) is 11.2. The van der Waals surface area contributed by atoms with Gasteiger partial charge in [-0.3, -0.25) is 4.79 Å². The SMILES string of the molecule is CCOC(=O)c1ccc2c(c1)N(Cc1ccccc1)C(=O)CO2. The van der Waals surface area contributed by atoms with Gasteiger partial charge in [0.2, 0.25) is 0 Å². The average Bonchev–Trinajstić information content (AvgIpc) is 2.58. The molecule has 0 saturated heterocycles. The first kappa shape index (κ1) is 15.1. The molecule has 5 nitrogen and oxygen atoms in total. The van der Waals surface area contributed by atoms with Gasteiger partial charge in [0.25, 0.3) is 5.91 Å². The summed E-state index contributed by atoms with van der Waals surface area (Å²) < 4.78 is 10.5. The van der Waals surface area contributed by atoms with Crippen molar-refractivity contribution in [2.45, 2.75) is 13.5 Å². The molecule has 118 valence electrons. The molecule has 0 aromatic heterocycles. The quantitative estimate of drug-likeness (QED) is 0.815. The first-order valence-corrected chi connectivity index (χ1v) is 7.47. The lowest BCUT2D eigenvalue weighted by Gasteiger charge is -2.29. The summed E-state index contributed by atoms with van der Waals surface area (Å²) in [5, 5.41) is 0. The van der Waals surface area contributed by atoms with E-state index < -0.39 is 5.97 Å². The van der Waals surface area contributed by atoms with E-state index >= 15 is 0 Å². The fraction of sp³-hybridized carbons (Fsp3) is 0.222. The van der Waals surface area contributed by atoms with Gasteiger partial charge < -0.3 is 14.4 Å². The van der Waals surface area contributed by atoms with Gasteiger partial charge in [-0.05, 0) is 30.7 Å². The Morgan fingerprint density at radius 2 is 2.00 bits per heavy atom. The second-order valence-electron chi connectivity index (χ2n) is 5.16. The lowest BCUT2D eigenvalue weighted by molar-refractivity contribution is -0.121. The van der Waals surface area contributed by atoms with Gasteiger partial charge in [-0.1, -0.05) is 30.3 Å². The van der Waals surface area contributed by atoms with E-state index in [1.165, 1.54) is 0 Å². The van der Waals surface area contributed by atoms with Crippen molar-refractivity contribution in [3.63, 3.8) is 0 Å². The molecule has 1 aliphatic rings. The summed E-state index contributed by atoms with van der Waals surface area (Å²) >= 11 is 0. The van der Waals surface area contributed by atoms with Gasteiger partial charge in [0.1, 0.15) is 5.75 Å². The minimum atomic E-state index is -0.409. The number of anilines is 1. The molecule has 1 aliphatic heterocycles. The van der Waals surface area contributed by atoms with Crippen LogP contribution in [0.15, 0.2) is 48.5 Å². The van der Waals surface area contributed by atoms with Crippen molar-refractivity contribution < 1.29 is 19.1 Å². The largest absolute Gasteiger partial charge is 0.482 e. The highest BCUT2D eigenvalue weighted by atomic mass is 16.5. The standard InChI is InChI=1S/C18H17NO4/c1-2-22-18(21)14-8-9-16-15(10-14)19(17(20)12-23-16)11-13-6-4-3-5-7-13/h3-10H,2,11-12H2,1H3. The van der Waals surface area contributed by atoms with Crippen molar-refractivity contribution >= 4 is 17.6 Å². The molecule has 0 aliphatic carbocycles. The molecule has 2 aromatic carbocycles. The van der Waals surface area contributed by atoms with Gasteiger partial charge >= 0.3 is 5.97 Å². The van der Waals surface area contributed by atoms with Gasteiger partial charge in [0.15, 0.2) is 6.61 Å². The molecule has 1 heterocycles. The van der Waals surface area contributed by atoms with Crippen LogP contribution in [0.1, 0.15) is 22.8 Å². The van der Waals surface area contributed by atoms with Crippen LogP contribution in [0.4, 0.5) is 5.69 Å². The molecule has 0 unspecified atom stereocenters. The Hall–Kier alpha value is -2.82. The van der Waals surface area contributed by atoms with E-state index in [9.17, 15) is 9.59 Å². The zero-order chi connectivity index (χ0) is 16.2. The predicted octanol–water partition coefficient (Wildman–Crippen LogP) is 2.79. The highest BCUT2D eigenvalue weighted by molar-refractivity contribution is 6.00. The maximum atomic E-state index is 12.3. The summed E-state index contributed by atoms with van der Waals surface area (Å²) in [6, 6.07) is 14.7. The molecule has 0 spiro atoms. The van der Waals surface area contributed by atoms with Crippen LogP contribution in [0.2, 0.25) is 0 Å². The van der Waals surface area contributed by atoms with E-state index in [4.69, 9.17) is 9.47 Å². The predicted molar refractivity (Wildman–Crippen MR) is 85.5 cm³/mol. The Labute approximate surface area is 134 Å². The molecular weight excluding hydrogens is 294 g/mol. The number of rotatable bonds is 4. The summed E-state index contributed by atoms with van der Waals surface area (Å²) in [4.78, 5) is 25.8. The normalized spacial score (nSPS) is 13.3. The first-order valence-electron chi connectivity index (χ1n) is 7.47. The zero-order valence-electron chi connectivity index (χ0n) is 12.8. The van der Waals surface area contributed by atoms with Crippen LogP contribution in [0.25, 0.3) is 0 Å². The molecule has 1 amide bonds. The second kappa shape index (κ2) is 6.52. The van der Waals surface area contributed by atoms with Crippen LogP contribution < -0.4 is 9.64 Å². The Kier molecular flexibility index (Phi) is 4.28. The van der Waals surface area contributed by atoms with Crippen molar-refractivity contribution in [1.82, 2.24) is 0 Å². The molecular formula is C18H17NO4. The third-order valence-corrected chi connectivity index (χ3v) is 3.60. The van der Waals surface area contributed by atoms with Gasteiger partial charge in [-0.15, -0.1) is 0 Å². The summed E-state index contributed by atoms with van der Waals surface area (Å²) in [6.45, 7) is 2.49. The second-order valence-corrected chi connectivity index (χ2v) is 5.16. The molecule has 0 bridgehead atoms. The van der Waals surface area contributed by atoms with E-state index in [1.807, 2.05) is 30.3 Å². The molecule has 5 heteroatoms. The molecule has 23 heavy (non-hydrogen) atoms. The maximum absolute atomic E-state index is 12.3. The number of carbonyl (C=O) groups excluding carboxylic acids is 2. The van der Waals surface area contributed by atoms with Crippen LogP contribution in [0, 0.1) is 0 Å². The Morgan fingerprint density at radius 1 is 1.22 bits per heavy atom. The van der Waals surface area contributed by atoms with E-state index in [-0.39, 0.29) is 12.5 Å². The van der Waals surface area contributed by atoms with Crippen molar-refractivity contribution in [2.24, 2.45) is 0 Å². The van der Waals surface area contributed by atoms with E-state index in [0.29, 0.717) is 30.2 Å². The van der Waals surface area contributed by atoms with Gasteiger partial charge in [-0.25, -0.2) is 4.79 Å². The molecule has 0 saturated carbocycles. The highest BCUT2D eigenvalue weighted by Gasteiger charge is 2.26. The van der Waals surface area contributed by atoms with Crippen LogP contribution in [0.3, 0.4) is 0 Å². The summed E-state index contributed by atoms with van der Waals surface area (Å²) in [5.41, 5.74) is 2.01. The van der Waals surface area contributed by atoms with E-state index in [2.05, 4.69) is 0 Å². The van der Waals surface area contributed by atoms with Crippen molar-refractivity contribution in [3.05, 3.63) is 59.7 Å². The van der Waals surface area contributed by atoms with Crippen LogP contribution in [-0.2, 0) is 16.1 Å². The van der Waals surface area contributed by atoms with Crippen molar-refractivity contribution in [1.29, 1.82) is 0 Å². The number of amides is 1. The fourth-order valence-electron chi connectivity index (χ4n) is 2.48. The van der Waals surface area contributed by atoms with E-state index in [0.717, 1.165) is 5.56 Å². The number of benzene rings is 2.